The lowest BCUT2D eigenvalue weighted by Crippen LogP contribution is -2.00. The van der Waals surface area contributed by atoms with Crippen molar-refractivity contribution in [2.45, 2.75) is 90.4 Å². The summed E-state index contributed by atoms with van der Waals surface area (Å²) in [4.78, 5) is 13.4. The maximum Gasteiger partial charge on any atom is 0.232 e. The molecule has 2 aromatic heterocycles. The molecular weight excluding hydrogens is 358 g/mol. The lowest BCUT2D eigenvalue weighted by Gasteiger charge is -2.06. The maximum atomic E-state index is 5.73. The standard InChI is InChI=1S/C25H37N3O/c1-2-3-4-5-9-12-22-15-16-23(26-18-22)24-19-28-25(20-27-24)29-17-10-7-6-8-11-21-13-14-21/h15-16,18-21H,2-14,17H2,1H3. The molecule has 2 aromatic rings. The third-order valence-electron chi connectivity index (χ3n) is 5.74. The Hall–Kier alpha value is -1.97. The first-order valence-electron chi connectivity index (χ1n) is 11.8. The third-order valence-corrected chi connectivity index (χ3v) is 5.74. The van der Waals surface area contributed by atoms with Gasteiger partial charge in [0.1, 0.15) is 5.69 Å². The first-order chi connectivity index (χ1) is 14.3. The highest BCUT2D eigenvalue weighted by molar-refractivity contribution is 5.52. The Bertz CT molecular complexity index is 680. The SMILES string of the molecule is CCCCCCCc1ccc(-c2cnc(OCCCCCCC3CC3)cn2)nc1. The fourth-order valence-electron chi connectivity index (χ4n) is 3.65. The Morgan fingerprint density at radius 1 is 0.793 bits per heavy atom. The molecule has 0 amide bonds. The van der Waals surface area contributed by atoms with Gasteiger partial charge in [0.2, 0.25) is 5.88 Å². The summed E-state index contributed by atoms with van der Waals surface area (Å²) in [6, 6.07) is 4.21. The molecule has 0 radical (unpaired) electrons. The van der Waals surface area contributed by atoms with Crippen LogP contribution in [0.1, 0.15) is 89.5 Å². The van der Waals surface area contributed by atoms with Crippen molar-refractivity contribution in [3.8, 4) is 17.3 Å². The number of hydrogen-bond donors (Lipinski definition) is 0. The second-order valence-electron chi connectivity index (χ2n) is 8.45. The van der Waals surface area contributed by atoms with Gasteiger partial charge in [0.25, 0.3) is 0 Å². The zero-order valence-corrected chi connectivity index (χ0v) is 18.1. The van der Waals surface area contributed by atoms with Crippen LogP contribution in [0.5, 0.6) is 5.88 Å². The van der Waals surface area contributed by atoms with Gasteiger partial charge in [0.15, 0.2) is 0 Å². The molecule has 1 aliphatic rings. The van der Waals surface area contributed by atoms with Crippen LogP contribution in [0, 0.1) is 5.92 Å². The Balaban J connectivity index is 1.33. The Morgan fingerprint density at radius 2 is 1.59 bits per heavy atom. The van der Waals surface area contributed by atoms with Crippen LogP contribution < -0.4 is 4.74 Å². The van der Waals surface area contributed by atoms with Crippen molar-refractivity contribution in [2.24, 2.45) is 5.92 Å². The summed E-state index contributed by atoms with van der Waals surface area (Å²) in [5.41, 5.74) is 2.97. The lowest BCUT2D eigenvalue weighted by molar-refractivity contribution is 0.292. The normalized spacial score (nSPS) is 13.6. The van der Waals surface area contributed by atoms with Gasteiger partial charge in [0, 0.05) is 6.20 Å². The van der Waals surface area contributed by atoms with Crippen LogP contribution in [0.2, 0.25) is 0 Å². The molecule has 29 heavy (non-hydrogen) atoms. The quantitative estimate of drug-likeness (QED) is 0.311. The van der Waals surface area contributed by atoms with Gasteiger partial charge >= 0.3 is 0 Å². The molecule has 0 saturated heterocycles. The number of aromatic nitrogens is 3. The molecule has 4 heteroatoms. The molecule has 1 saturated carbocycles. The predicted octanol–water partition coefficient (Wildman–Crippen LogP) is 6.79. The van der Waals surface area contributed by atoms with Crippen molar-refractivity contribution < 1.29 is 4.74 Å². The first kappa shape index (κ1) is 21.7. The highest BCUT2D eigenvalue weighted by atomic mass is 16.5. The van der Waals surface area contributed by atoms with E-state index in [0.717, 1.165) is 36.8 Å². The van der Waals surface area contributed by atoms with Crippen LogP contribution in [-0.4, -0.2) is 21.6 Å². The summed E-state index contributed by atoms with van der Waals surface area (Å²) < 4.78 is 5.73. The van der Waals surface area contributed by atoms with Gasteiger partial charge in [0.05, 0.1) is 24.7 Å². The highest BCUT2D eigenvalue weighted by Crippen LogP contribution is 2.34. The van der Waals surface area contributed by atoms with Crippen molar-refractivity contribution in [3.63, 3.8) is 0 Å². The zero-order valence-electron chi connectivity index (χ0n) is 18.1. The van der Waals surface area contributed by atoms with E-state index < -0.39 is 0 Å². The van der Waals surface area contributed by atoms with Crippen LogP contribution >= 0.6 is 0 Å². The summed E-state index contributed by atoms with van der Waals surface area (Å²) >= 11 is 0. The average molecular weight is 396 g/mol. The fourth-order valence-corrected chi connectivity index (χ4v) is 3.65. The Labute approximate surface area is 176 Å². The second-order valence-corrected chi connectivity index (χ2v) is 8.45. The van der Waals surface area contributed by atoms with E-state index in [9.17, 15) is 0 Å². The van der Waals surface area contributed by atoms with E-state index >= 15 is 0 Å². The van der Waals surface area contributed by atoms with Crippen LogP contribution in [-0.2, 0) is 6.42 Å². The molecule has 4 nitrogen and oxygen atoms in total. The van der Waals surface area contributed by atoms with Crippen molar-refractivity contribution in [1.82, 2.24) is 15.0 Å². The molecule has 0 bridgehead atoms. The molecule has 0 aliphatic heterocycles. The number of aryl methyl sites for hydroxylation is 1. The monoisotopic (exact) mass is 395 g/mol. The summed E-state index contributed by atoms with van der Waals surface area (Å²) in [6.45, 7) is 2.98. The summed E-state index contributed by atoms with van der Waals surface area (Å²) in [5.74, 6) is 1.66. The molecule has 0 N–H and O–H groups in total. The molecule has 1 fully saturated rings. The number of pyridine rings is 1. The second kappa shape index (κ2) is 12.6. The van der Waals surface area contributed by atoms with Gasteiger partial charge in [-0.1, -0.05) is 77.2 Å². The largest absolute Gasteiger partial charge is 0.477 e. The zero-order chi connectivity index (χ0) is 20.2. The van der Waals surface area contributed by atoms with E-state index in [4.69, 9.17) is 4.74 Å². The van der Waals surface area contributed by atoms with Crippen LogP contribution in [0.4, 0.5) is 0 Å². The summed E-state index contributed by atoms with van der Waals surface area (Å²) in [5, 5.41) is 0. The summed E-state index contributed by atoms with van der Waals surface area (Å²) in [7, 11) is 0. The van der Waals surface area contributed by atoms with Gasteiger partial charge in [-0.25, -0.2) is 9.97 Å². The number of ether oxygens (including phenoxy) is 1. The average Bonchev–Trinajstić information content (AvgIpc) is 3.58. The number of nitrogens with zero attached hydrogens (tertiary/aromatic N) is 3. The maximum absolute atomic E-state index is 5.73. The number of rotatable bonds is 15. The molecule has 3 rings (SSSR count). The molecular formula is C25H37N3O. The van der Waals surface area contributed by atoms with Crippen molar-refractivity contribution in [3.05, 3.63) is 36.3 Å². The van der Waals surface area contributed by atoms with Gasteiger partial charge in [-0.15, -0.1) is 0 Å². The van der Waals surface area contributed by atoms with Crippen molar-refractivity contribution in [1.29, 1.82) is 0 Å². The molecule has 0 atom stereocenters. The van der Waals surface area contributed by atoms with Crippen LogP contribution in [0.25, 0.3) is 11.4 Å². The third kappa shape index (κ3) is 8.51. The molecule has 0 spiro atoms. The predicted molar refractivity (Wildman–Crippen MR) is 119 cm³/mol. The minimum absolute atomic E-state index is 0.607. The smallest absolute Gasteiger partial charge is 0.232 e. The highest BCUT2D eigenvalue weighted by Gasteiger charge is 2.19. The van der Waals surface area contributed by atoms with E-state index in [0.29, 0.717) is 5.88 Å². The molecule has 1 aliphatic carbocycles. The molecule has 2 heterocycles. The Kier molecular flexibility index (Phi) is 9.41. The van der Waals surface area contributed by atoms with Crippen LogP contribution in [0.15, 0.2) is 30.7 Å². The summed E-state index contributed by atoms with van der Waals surface area (Å²) in [6.07, 6.45) is 22.5. The van der Waals surface area contributed by atoms with Crippen molar-refractivity contribution >= 4 is 0 Å². The minimum atomic E-state index is 0.607. The van der Waals surface area contributed by atoms with Gasteiger partial charge in [-0.05, 0) is 36.8 Å². The van der Waals surface area contributed by atoms with E-state index in [1.807, 2.05) is 12.3 Å². The van der Waals surface area contributed by atoms with Gasteiger partial charge in [-0.2, -0.15) is 0 Å². The number of unbranched alkanes of at least 4 members (excludes halogenated alkanes) is 7. The topological polar surface area (TPSA) is 47.9 Å². The van der Waals surface area contributed by atoms with Crippen molar-refractivity contribution in [2.75, 3.05) is 6.61 Å². The molecule has 0 aromatic carbocycles. The van der Waals surface area contributed by atoms with Gasteiger partial charge < -0.3 is 4.74 Å². The van der Waals surface area contributed by atoms with E-state index in [-0.39, 0.29) is 0 Å². The lowest BCUT2D eigenvalue weighted by atomic mass is 10.1. The van der Waals surface area contributed by atoms with E-state index in [1.54, 1.807) is 12.4 Å². The first-order valence-corrected chi connectivity index (χ1v) is 11.8. The molecule has 158 valence electrons. The molecule has 0 unspecified atom stereocenters. The fraction of sp³-hybridized carbons (Fsp3) is 0.640. The van der Waals surface area contributed by atoms with Gasteiger partial charge in [-0.3, -0.25) is 4.98 Å². The number of hydrogen-bond acceptors (Lipinski definition) is 4. The van der Waals surface area contributed by atoms with Crippen LogP contribution in [0.3, 0.4) is 0 Å². The van der Waals surface area contributed by atoms with E-state index in [1.165, 1.54) is 76.2 Å². The minimum Gasteiger partial charge on any atom is -0.477 e. The Morgan fingerprint density at radius 3 is 2.31 bits per heavy atom. The van der Waals surface area contributed by atoms with E-state index in [2.05, 4.69) is 27.9 Å².